The molecule has 1 aromatic carbocycles. The molecular formula is C12H13F5N2O2S. The zero-order valence-corrected chi connectivity index (χ0v) is 12.1. The second-order valence-corrected chi connectivity index (χ2v) is 6.72. The third-order valence-corrected chi connectivity index (χ3v) is 5.20. The molecule has 1 fully saturated rings. The molecule has 0 atom stereocenters. The molecule has 0 N–H and O–H groups in total. The minimum atomic E-state index is -4.42. The first-order chi connectivity index (χ1) is 10.1. The minimum Gasteiger partial charge on any atom is -0.292 e. The lowest BCUT2D eigenvalue weighted by Gasteiger charge is -2.34. The number of piperazine rings is 1. The monoisotopic (exact) mass is 344 g/mol. The van der Waals surface area contributed by atoms with Crippen molar-refractivity contribution >= 4 is 10.0 Å². The van der Waals surface area contributed by atoms with Crippen molar-refractivity contribution in [2.45, 2.75) is 11.1 Å². The van der Waals surface area contributed by atoms with E-state index in [9.17, 15) is 30.4 Å². The van der Waals surface area contributed by atoms with E-state index in [-0.39, 0.29) is 26.2 Å². The number of sulfonamides is 1. The summed E-state index contributed by atoms with van der Waals surface area (Å²) < 4.78 is 89.2. The smallest absolute Gasteiger partial charge is 0.292 e. The molecule has 1 aliphatic heterocycles. The summed E-state index contributed by atoms with van der Waals surface area (Å²) in [5.41, 5.74) is 0. The van der Waals surface area contributed by atoms with Crippen molar-refractivity contribution < 1.29 is 30.4 Å². The van der Waals surface area contributed by atoms with Crippen molar-refractivity contribution in [3.63, 3.8) is 0 Å². The van der Waals surface area contributed by atoms with Crippen LogP contribution >= 0.6 is 0 Å². The van der Waals surface area contributed by atoms with Crippen LogP contribution in [0.3, 0.4) is 0 Å². The standard InChI is InChI=1S/C12H13F5N2O2S/c13-9-2-1-3-10(14)11(9)22(20,21)19-6-4-18(5-7-19)8-12(15,16)17/h1-3H,4-8H2. The van der Waals surface area contributed by atoms with Crippen LogP contribution in [-0.2, 0) is 10.0 Å². The molecule has 0 amide bonds. The highest BCUT2D eigenvalue weighted by Crippen LogP contribution is 2.24. The average molecular weight is 344 g/mol. The van der Waals surface area contributed by atoms with Crippen molar-refractivity contribution in [2.75, 3.05) is 32.7 Å². The highest BCUT2D eigenvalue weighted by Gasteiger charge is 2.36. The van der Waals surface area contributed by atoms with Crippen LogP contribution in [0, 0.1) is 11.6 Å². The van der Waals surface area contributed by atoms with Crippen molar-refractivity contribution in [1.82, 2.24) is 9.21 Å². The highest BCUT2D eigenvalue weighted by molar-refractivity contribution is 7.89. The van der Waals surface area contributed by atoms with Crippen LogP contribution in [0.1, 0.15) is 0 Å². The molecule has 0 radical (unpaired) electrons. The molecule has 0 aliphatic carbocycles. The molecule has 0 bridgehead atoms. The van der Waals surface area contributed by atoms with Gasteiger partial charge in [0, 0.05) is 26.2 Å². The summed E-state index contributed by atoms with van der Waals surface area (Å²) >= 11 is 0. The molecule has 1 saturated heterocycles. The van der Waals surface area contributed by atoms with Gasteiger partial charge in [-0.2, -0.15) is 17.5 Å². The van der Waals surface area contributed by atoms with Crippen LogP contribution in [0.25, 0.3) is 0 Å². The van der Waals surface area contributed by atoms with E-state index < -0.39 is 39.3 Å². The van der Waals surface area contributed by atoms with E-state index in [1.807, 2.05) is 0 Å². The number of alkyl halides is 3. The summed E-state index contributed by atoms with van der Waals surface area (Å²) in [7, 11) is -4.42. The molecule has 0 spiro atoms. The lowest BCUT2D eigenvalue weighted by Crippen LogP contribution is -2.51. The van der Waals surface area contributed by atoms with E-state index in [2.05, 4.69) is 0 Å². The lowest BCUT2D eigenvalue weighted by molar-refractivity contribution is -0.148. The number of nitrogens with zero attached hydrogens (tertiary/aromatic N) is 2. The Kier molecular flexibility index (Phi) is 4.73. The summed E-state index contributed by atoms with van der Waals surface area (Å²) in [4.78, 5) is -0.0248. The Balaban J connectivity index is 2.14. The van der Waals surface area contributed by atoms with E-state index in [1.54, 1.807) is 0 Å². The summed E-state index contributed by atoms with van der Waals surface area (Å²) in [6.45, 7) is -1.98. The van der Waals surface area contributed by atoms with Gasteiger partial charge in [-0.15, -0.1) is 0 Å². The van der Waals surface area contributed by atoms with Crippen LogP contribution < -0.4 is 0 Å². The lowest BCUT2D eigenvalue weighted by atomic mass is 10.3. The Labute approximate surface area is 124 Å². The maximum atomic E-state index is 13.6. The van der Waals surface area contributed by atoms with Crippen molar-refractivity contribution in [3.8, 4) is 0 Å². The topological polar surface area (TPSA) is 40.6 Å². The van der Waals surface area contributed by atoms with E-state index in [4.69, 9.17) is 0 Å². The number of rotatable bonds is 3. The molecule has 1 heterocycles. The molecular weight excluding hydrogens is 331 g/mol. The third-order valence-electron chi connectivity index (χ3n) is 3.25. The van der Waals surface area contributed by atoms with Crippen molar-refractivity contribution in [3.05, 3.63) is 29.8 Å². The van der Waals surface area contributed by atoms with E-state index >= 15 is 0 Å². The van der Waals surface area contributed by atoms with E-state index in [1.165, 1.54) is 0 Å². The zero-order chi connectivity index (χ0) is 16.5. The SMILES string of the molecule is O=S(=O)(c1c(F)cccc1F)N1CCN(CC(F)(F)F)CC1. The van der Waals surface area contributed by atoms with Gasteiger partial charge in [-0.1, -0.05) is 6.07 Å². The fraction of sp³-hybridized carbons (Fsp3) is 0.500. The van der Waals surface area contributed by atoms with Crippen LogP contribution in [-0.4, -0.2) is 56.5 Å². The summed E-state index contributed by atoms with van der Waals surface area (Å²) in [5.74, 6) is -2.45. The molecule has 0 saturated carbocycles. The molecule has 0 aromatic heterocycles. The van der Waals surface area contributed by atoms with Crippen LogP contribution in [0.15, 0.2) is 23.1 Å². The van der Waals surface area contributed by atoms with Crippen LogP contribution in [0.5, 0.6) is 0 Å². The van der Waals surface area contributed by atoms with Crippen LogP contribution in [0.4, 0.5) is 22.0 Å². The van der Waals surface area contributed by atoms with Gasteiger partial charge >= 0.3 is 6.18 Å². The molecule has 1 aliphatic rings. The highest BCUT2D eigenvalue weighted by atomic mass is 32.2. The zero-order valence-electron chi connectivity index (χ0n) is 11.3. The van der Waals surface area contributed by atoms with Gasteiger partial charge in [0.25, 0.3) is 0 Å². The van der Waals surface area contributed by atoms with Gasteiger partial charge in [-0.25, -0.2) is 17.2 Å². The van der Waals surface area contributed by atoms with Gasteiger partial charge in [-0.3, -0.25) is 4.90 Å². The van der Waals surface area contributed by atoms with Gasteiger partial charge in [0.2, 0.25) is 10.0 Å². The Morgan fingerprint density at radius 2 is 1.50 bits per heavy atom. The van der Waals surface area contributed by atoms with Gasteiger partial charge in [0.15, 0.2) is 4.90 Å². The van der Waals surface area contributed by atoms with E-state index in [0.29, 0.717) is 0 Å². The summed E-state index contributed by atoms with van der Waals surface area (Å²) in [6, 6.07) is 2.66. The van der Waals surface area contributed by atoms with Crippen molar-refractivity contribution in [2.24, 2.45) is 0 Å². The number of hydrogen-bond acceptors (Lipinski definition) is 3. The molecule has 0 unspecified atom stereocenters. The normalized spacial score (nSPS) is 18.6. The molecule has 2 rings (SSSR count). The maximum absolute atomic E-state index is 13.6. The Bertz CT molecular complexity index is 619. The first kappa shape index (κ1) is 17.1. The van der Waals surface area contributed by atoms with Crippen molar-refractivity contribution in [1.29, 1.82) is 0 Å². The molecule has 22 heavy (non-hydrogen) atoms. The second kappa shape index (κ2) is 6.09. The maximum Gasteiger partial charge on any atom is 0.401 e. The predicted octanol–water partition coefficient (Wildman–Crippen LogP) is 1.83. The van der Waals surface area contributed by atoms with Crippen LogP contribution in [0.2, 0.25) is 0 Å². The van der Waals surface area contributed by atoms with Gasteiger partial charge < -0.3 is 0 Å². The summed E-state index contributed by atoms with van der Waals surface area (Å²) in [6.07, 6.45) is -4.38. The Morgan fingerprint density at radius 3 is 1.95 bits per heavy atom. The number of benzene rings is 1. The van der Waals surface area contributed by atoms with E-state index in [0.717, 1.165) is 27.4 Å². The Morgan fingerprint density at radius 1 is 1.00 bits per heavy atom. The number of halogens is 5. The fourth-order valence-corrected chi connectivity index (χ4v) is 3.77. The number of hydrogen-bond donors (Lipinski definition) is 0. The van der Waals surface area contributed by atoms with Gasteiger partial charge in [-0.05, 0) is 12.1 Å². The molecule has 1 aromatic rings. The summed E-state index contributed by atoms with van der Waals surface area (Å²) in [5, 5.41) is 0. The first-order valence-corrected chi connectivity index (χ1v) is 7.78. The molecule has 4 nitrogen and oxygen atoms in total. The van der Waals surface area contributed by atoms with Gasteiger partial charge in [0.1, 0.15) is 11.6 Å². The quantitative estimate of drug-likeness (QED) is 0.786. The second-order valence-electron chi connectivity index (χ2n) is 4.85. The first-order valence-electron chi connectivity index (χ1n) is 6.34. The third kappa shape index (κ3) is 3.73. The molecule has 10 heteroatoms. The fourth-order valence-electron chi connectivity index (χ4n) is 2.24. The minimum absolute atomic E-state index is 0.158. The van der Waals surface area contributed by atoms with Gasteiger partial charge in [0.05, 0.1) is 6.54 Å². The largest absolute Gasteiger partial charge is 0.401 e. The molecule has 124 valence electrons. The predicted molar refractivity (Wildman–Crippen MR) is 67.6 cm³/mol. The Hall–Kier alpha value is -1.26. The average Bonchev–Trinajstić information content (AvgIpc) is 2.36.